The van der Waals surface area contributed by atoms with Gasteiger partial charge in [0.1, 0.15) is 11.0 Å². The van der Waals surface area contributed by atoms with E-state index >= 15 is 0 Å². The standard InChI is InChI=1S/C10H12ClFN2OS/c1-10(2,3)16(15)14-5-7-4-8(11)9(12)6-13-7/h4-6H,1-3H3/t16-/m1/s1. The van der Waals surface area contributed by atoms with E-state index in [0.29, 0.717) is 5.69 Å². The third kappa shape index (κ3) is 3.64. The molecule has 1 aromatic heterocycles. The van der Waals surface area contributed by atoms with E-state index in [9.17, 15) is 8.60 Å². The Morgan fingerprint density at radius 2 is 2.19 bits per heavy atom. The number of aromatic nitrogens is 1. The van der Waals surface area contributed by atoms with Gasteiger partial charge < -0.3 is 0 Å². The van der Waals surface area contributed by atoms with Crippen molar-refractivity contribution >= 4 is 28.8 Å². The highest BCUT2D eigenvalue weighted by atomic mass is 35.5. The van der Waals surface area contributed by atoms with Crippen LogP contribution >= 0.6 is 11.6 Å². The van der Waals surface area contributed by atoms with Gasteiger partial charge in [-0.2, -0.15) is 4.40 Å². The first-order valence-corrected chi connectivity index (χ1v) is 6.06. The van der Waals surface area contributed by atoms with E-state index in [1.54, 1.807) is 0 Å². The molecule has 1 aromatic rings. The average Bonchev–Trinajstić information content (AvgIpc) is 2.18. The zero-order chi connectivity index (χ0) is 12.3. The largest absolute Gasteiger partial charge is 0.252 e. The van der Waals surface area contributed by atoms with Gasteiger partial charge in [0.25, 0.3) is 0 Å². The molecule has 88 valence electrons. The van der Waals surface area contributed by atoms with Crippen LogP contribution in [0.15, 0.2) is 16.7 Å². The second kappa shape index (κ2) is 5.01. The summed E-state index contributed by atoms with van der Waals surface area (Å²) in [5, 5.41) is -0.0296. The van der Waals surface area contributed by atoms with Gasteiger partial charge in [-0.1, -0.05) is 11.6 Å². The summed E-state index contributed by atoms with van der Waals surface area (Å²) in [6.45, 7) is 5.43. The van der Waals surface area contributed by atoms with Gasteiger partial charge in [0.2, 0.25) is 0 Å². The highest BCUT2D eigenvalue weighted by Crippen LogP contribution is 2.14. The highest BCUT2D eigenvalue weighted by molar-refractivity contribution is 7.85. The summed E-state index contributed by atoms with van der Waals surface area (Å²) < 4.78 is 27.8. The van der Waals surface area contributed by atoms with Crippen molar-refractivity contribution in [2.24, 2.45) is 4.40 Å². The molecule has 0 aliphatic carbocycles. The summed E-state index contributed by atoms with van der Waals surface area (Å²) in [5.74, 6) is -0.587. The molecule has 3 nitrogen and oxygen atoms in total. The number of nitrogens with zero attached hydrogens (tertiary/aromatic N) is 2. The van der Waals surface area contributed by atoms with Crippen LogP contribution in [0.3, 0.4) is 0 Å². The van der Waals surface area contributed by atoms with E-state index in [2.05, 4.69) is 9.38 Å². The highest BCUT2D eigenvalue weighted by Gasteiger charge is 2.18. The third-order valence-electron chi connectivity index (χ3n) is 1.63. The van der Waals surface area contributed by atoms with Gasteiger partial charge in [-0.05, 0) is 26.8 Å². The quantitative estimate of drug-likeness (QED) is 0.769. The van der Waals surface area contributed by atoms with Crippen LogP contribution in [0.25, 0.3) is 0 Å². The Labute approximate surface area is 101 Å². The Hall–Kier alpha value is -0.810. The van der Waals surface area contributed by atoms with E-state index in [1.165, 1.54) is 12.3 Å². The molecule has 0 N–H and O–H groups in total. The fourth-order valence-electron chi connectivity index (χ4n) is 0.760. The van der Waals surface area contributed by atoms with Crippen LogP contribution in [0.4, 0.5) is 4.39 Å². The lowest BCUT2D eigenvalue weighted by Crippen LogP contribution is -2.19. The second-order valence-electron chi connectivity index (χ2n) is 4.12. The van der Waals surface area contributed by atoms with E-state index in [-0.39, 0.29) is 5.02 Å². The van der Waals surface area contributed by atoms with Crippen LogP contribution in [-0.4, -0.2) is 20.2 Å². The minimum absolute atomic E-state index is 0.0296. The molecule has 0 bridgehead atoms. The Balaban J connectivity index is 2.85. The molecule has 0 saturated heterocycles. The van der Waals surface area contributed by atoms with Crippen molar-refractivity contribution in [1.29, 1.82) is 0 Å². The van der Waals surface area contributed by atoms with Gasteiger partial charge in [0.15, 0.2) is 5.82 Å². The molecule has 0 aliphatic rings. The molecule has 0 saturated carbocycles. The molecular formula is C10H12ClFN2OS. The van der Waals surface area contributed by atoms with Crippen LogP contribution in [0.5, 0.6) is 0 Å². The topological polar surface area (TPSA) is 42.3 Å². The van der Waals surface area contributed by atoms with Crippen LogP contribution in [0.1, 0.15) is 26.5 Å². The first-order chi connectivity index (χ1) is 7.30. The number of rotatable bonds is 2. The number of halogens is 2. The lowest BCUT2D eigenvalue weighted by atomic mass is 10.3. The van der Waals surface area contributed by atoms with E-state index in [4.69, 9.17) is 11.6 Å². The van der Waals surface area contributed by atoms with Crippen molar-refractivity contribution in [2.45, 2.75) is 25.5 Å². The van der Waals surface area contributed by atoms with Crippen molar-refractivity contribution in [3.8, 4) is 0 Å². The first kappa shape index (κ1) is 13.3. The van der Waals surface area contributed by atoms with Crippen LogP contribution < -0.4 is 0 Å². The van der Waals surface area contributed by atoms with Crippen LogP contribution in [0.2, 0.25) is 5.02 Å². The smallest absolute Gasteiger partial charge is 0.160 e. The minimum atomic E-state index is -1.36. The fourth-order valence-corrected chi connectivity index (χ4v) is 1.44. The molecule has 1 rings (SSSR count). The second-order valence-corrected chi connectivity index (χ2v) is 6.46. The van der Waals surface area contributed by atoms with Gasteiger partial charge in [-0.25, -0.2) is 8.60 Å². The maximum atomic E-state index is 12.8. The van der Waals surface area contributed by atoms with Crippen molar-refractivity contribution in [3.05, 3.63) is 28.8 Å². The van der Waals surface area contributed by atoms with Crippen LogP contribution in [-0.2, 0) is 11.0 Å². The number of hydrogen-bond donors (Lipinski definition) is 0. The first-order valence-electron chi connectivity index (χ1n) is 4.58. The summed E-state index contributed by atoms with van der Waals surface area (Å²) >= 11 is 5.57. The molecule has 0 aromatic carbocycles. The van der Waals surface area contributed by atoms with E-state index in [0.717, 1.165) is 6.20 Å². The Kier molecular flexibility index (Phi) is 4.15. The van der Waals surface area contributed by atoms with Gasteiger partial charge in [-0.3, -0.25) is 4.98 Å². The number of pyridine rings is 1. The summed E-state index contributed by atoms with van der Waals surface area (Å²) in [5.41, 5.74) is 0.379. The molecule has 0 radical (unpaired) electrons. The van der Waals surface area contributed by atoms with Gasteiger partial charge in [-0.15, -0.1) is 0 Å². The van der Waals surface area contributed by atoms with Gasteiger partial charge in [0, 0.05) is 0 Å². The molecule has 0 unspecified atom stereocenters. The van der Waals surface area contributed by atoms with Crippen molar-refractivity contribution < 1.29 is 8.60 Å². The molecule has 0 fully saturated rings. The fraction of sp³-hybridized carbons (Fsp3) is 0.400. The molecular weight excluding hydrogens is 251 g/mol. The summed E-state index contributed by atoms with van der Waals surface area (Å²) in [7, 11) is -1.36. The molecule has 0 aliphatic heterocycles. The lowest BCUT2D eigenvalue weighted by Gasteiger charge is -2.12. The lowest BCUT2D eigenvalue weighted by molar-refractivity contribution is 0.621. The summed E-state index contributed by atoms with van der Waals surface area (Å²) in [4.78, 5) is 3.75. The average molecular weight is 263 g/mol. The Morgan fingerprint density at radius 3 is 2.69 bits per heavy atom. The van der Waals surface area contributed by atoms with Crippen molar-refractivity contribution in [1.82, 2.24) is 4.98 Å². The number of hydrogen-bond acceptors (Lipinski definition) is 2. The third-order valence-corrected chi connectivity index (χ3v) is 3.27. The predicted molar refractivity (Wildman–Crippen MR) is 64.7 cm³/mol. The molecule has 1 atom stereocenters. The molecule has 0 amide bonds. The zero-order valence-corrected chi connectivity index (χ0v) is 10.8. The summed E-state index contributed by atoms with van der Waals surface area (Å²) in [6, 6.07) is 1.33. The maximum Gasteiger partial charge on any atom is 0.160 e. The normalized spacial score (nSPS) is 14.3. The Bertz CT molecular complexity index is 443. The SMILES string of the molecule is CC(C)(C)[S@@](=O)N=Cc1cc(Cl)c(F)cn1. The maximum absolute atomic E-state index is 12.8. The van der Waals surface area contributed by atoms with Crippen molar-refractivity contribution in [3.63, 3.8) is 0 Å². The monoisotopic (exact) mass is 262 g/mol. The summed E-state index contributed by atoms with van der Waals surface area (Å²) in [6.07, 6.45) is 2.33. The minimum Gasteiger partial charge on any atom is -0.252 e. The predicted octanol–water partition coefficient (Wildman–Crippen LogP) is 2.76. The molecule has 16 heavy (non-hydrogen) atoms. The molecule has 1 heterocycles. The molecule has 0 spiro atoms. The van der Waals surface area contributed by atoms with E-state index < -0.39 is 21.5 Å². The van der Waals surface area contributed by atoms with Gasteiger partial charge >= 0.3 is 0 Å². The van der Waals surface area contributed by atoms with Crippen LogP contribution in [0, 0.1) is 5.82 Å². The van der Waals surface area contributed by atoms with E-state index in [1.807, 2.05) is 20.8 Å². The van der Waals surface area contributed by atoms with Crippen molar-refractivity contribution in [2.75, 3.05) is 0 Å². The zero-order valence-electron chi connectivity index (χ0n) is 9.20. The molecule has 6 heteroatoms. The Morgan fingerprint density at radius 1 is 1.56 bits per heavy atom. The van der Waals surface area contributed by atoms with Gasteiger partial charge in [0.05, 0.1) is 27.9 Å².